The number of phenols is 2. The fourth-order valence-corrected chi connectivity index (χ4v) is 3.93. The number of nitrogen functional groups attached to an aromatic ring is 1. The van der Waals surface area contributed by atoms with Gasteiger partial charge in [0.15, 0.2) is 5.60 Å². The number of esters is 1. The van der Waals surface area contributed by atoms with E-state index in [0.29, 0.717) is 16.7 Å². The number of carbonyl (C=O) groups is 2. The summed E-state index contributed by atoms with van der Waals surface area (Å²) >= 11 is 0. The van der Waals surface area contributed by atoms with Crippen molar-refractivity contribution in [3.05, 3.63) is 82.4 Å². The van der Waals surface area contributed by atoms with Crippen LogP contribution in [0.25, 0.3) is 0 Å². The molecule has 3 aromatic rings. The number of rotatable bonds is 1. The number of halogens is 1. The van der Waals surface area contributed by atoms with Gasteiger partial charge in [-0.15, -0.1) is 12.4 Å². The van der Waals surface area contributed by atoms with Crippen LogP contribution in [0, 0.1) is 0 Å². The van der Waals surface area contributed by atoms with Gasteiger partial charge in [0, 0.05) is 34.4 Å². The average molecular weight is 427 g/mol. The zero-order chi connectivity index (χ0) is 20.3. The molecular weight excluding hydrogens is 412 g/mol. The largest absolute Gasteiger partial charge is 0.508 e. The Morgan fingerprint density at radius 1 is 0.900 bits per heavy atom. The van der Waals surface area contributed by atoms with Gasteiger partial charge in [-0.3, -0.25) is 10.2 Å². The van der Waals surface area contributed by atoms with Gasteiger partial charge in [-0.2, -0.15) is 0 Å². The predicted molar refractivity (Wildman–Crippen MR) is 107 cm³/mol. The molecule has 0 aromatic heterocycles. The summed E-state index contributed by atoms with van der Waals surface area (Å²) in [7, 11) is 0. The molecule has 0 aliphatic carbocycles. The maximum Gasteiger partial charge on any atom is 0.340 e. The van der Waals surface area contributed by atoms with Crippen molar-refractivity contribution in [2.75, 3.05) is 0 Å². The van der Waals surface area contributed by atoms with Crippen LogP contribution in [0.5, 0.6) is 23.0 Å². The van der Waals surface area contributed by atoms with Gasteiger partial charge in [0.1, 0.15) is 23.0 Å². The summed E-state index contributed by atoms with van der Waals surface area (Å²) in [4.78, 5) is 24.7. The van der Waals surface area contributed by atoms with E-state index < -0.39 is 17.5 Å². The lowest BCUT2D eigenvalue weighted by Crippen LogP contribution is -2.33. The summed E-state index contributed by atoms with van der Waals surface area (Å²) < 4.78 is 11.8. The van der Waals surface area contributed by atoms with Gasteiger partial charge in [-0.1, -0.05) is 6.07 Å². The number of nitrogens with two attached hydrogens (primary N) is 1. The van der Waals surface area contributed by atoms with E-state index in [-0.39, 0.29) is 46.5 Å². The SMILES string of the molecule is Cl.NNC(=O)c1ccc2c(c1)C(=O)OC21c2ccc(O)cc2Oc2cc(O)ccc21. The van der Waals surface area contributed by atoms with E-state index in [9.17, 15) is 19.8 Å². The van der Waals surface area contributed by atoms with Gasteiger partial charge in [0.25, 0.3) is 5.91 Å². The lowest BCUT2D eigenvalue weighted by Gasteiger charge is -2.36. The van der Waals surface area contributed by atoms with Crippen molar-refractivity contribution < 1.29 is 29.3 Å². The summed E-state index contributed by atoms with van der Waals surface area (Å²) in [5.41, 5.74) is 2.64. The molecule has 3 aromatic carbocycles. The van der Waals surface area contributed by atoms with Crippen molar-refractivity contribution in [2.24, 2.45) is 5.84 Å². The van der Waals surface area contributed by atoms with E-state index in [1.165, 1.54) is 30.3 Å². The van der Waals surface area contributed by atoms with Gasteiger partial charge < -0.3 is 19.7 Å². The molecule has 8 nitrogen and oxygen atoms in total. The minimum Gasteiger partial charge on any atom is -0.508 e. The molecule has 1 spiro atoms. The Morgan fingerprint density at radius 3 is 2.03 bits per heavy atom. The highest BCUT2D eigenvalue weighted by Crippen LogP contribution is 2.56. The number of hydrazine groups is 1. The highest BCUT2D eigenvalue weighted by Gasteiger charge is 2.53. The molecule has 0 atom stereocenters. The number of ether oxygens (including phenoxy) is 2. The van der Waals surface area contributed by atoms with Gasteiger partial charge >= 0.3 is 5.97 Å². The van der Waals surface area contributed by atoms with Crippen molar-refractivity contribution in [1.29, 1.82) is 0 Å². The number of fused-ring (bicyclic) bond motifs is 6. The van der Waals surface area contributed by atoms with Gasteiger partial charge in [-0.25, -0.2) is 10.6 Å². The van der Waals surface area contributed by atoms with Crippen molar-refractivity contribution >= 4 is 24.3 Å². The monoisotopic (exact) mass is 426 g/mol. The van der Waals surface area contributed by atoms with Gasteiger partial charge in [0.05, 0.1) is 5.56 Å². The van der Waals surface area contributed by atoms with Crippen LogP contribution in [0.2, 0.25) is 0 Å². The van der Waals surface area contributed by atoms with Crippen LogP contribution < -0.4 is 16.0 Å². The standard InChI is InChI=1S/C21H14N2O6.ClH/c22-23-19(26)10-1-4-14-13(7-10)20(27)29-21(14)15-5-2-11(24)8-17(15)28-18-9-12(25)3-6-16(18)21;/h1-9,24-25H,22H2,(H,23,26);1H. The predicted octanol–water partition coefficient (Wildman–Crippen LogP) is 2.69. The number of carbonyl (C=O) groups excluding carboxylic acids is 2. The van der Waals surface area contributed by atoms with Crippen LogP contribution in [0.15, 0.2) is 54.6 Å². The first-order valence-corrected chi connectivity index (χ1v) is 8.67. The Labute approximate surface area is 176 Å². The molecule has 5 N–H and O–H groups in total. The molecule has 0 unspecified atom stereocenters. The van der Waals surface area contributed by atoms with E-state index in [0.717, 1.165) is 0 Å². The number of benzene rings is 3. The normalized spacial score (nSPS) is 14.5. The fraction of sp³-hybridized carbons (Fsp3) is 0.0476. The molecule has 30 heavy (non-hydrogen) atoms. The van der Waals surface area contributed by atoms with E-state index >= 15 is 0 Å². The first kappa shape index (κ1) is 19.6. The lowest BCUT2D eigenvalue weighted by molar-refractivity contribution is 0.0224. The first-order chi connectivity index (χ1) is 13.9. The highest BCUT2D eigenvalue weighted by atomic mass is 35.5. The zero-order valence-corrected chi connectivity index (χ0v) is 16.0. The Bertz CT molecular complexity index is 1170. The van der Waals surface area contributed by atoms with Crippen LogP contribution >= 0.6 is 12.4 Å². The second-order valence-corrected chi connectivity index (χ2v) is 6.77. The Kier molecular flexibility index (Phi) is 4.34. The van der Waals surface area contributed by atoms with E-state index in [2.05, 4.69) is 0 Å². The van der Waals surface area contributed by atoms with Crippen molar-refractivity contribution in [3.8, 4) is 23.0 Å². The number of nitrogens with one attached hydrogen (secondary N) is 1. The molecule has 5 rings (SSSR count). The number of phenolic OH excluding ortho intramolecular Hbond substituents is 2. The first-order valence-electron chi connectivity index (χ1n) is 8.67. The van der Waals surface area contributed by atoms with E-state index in [4.69, 9.17) is 15.3 Å². The second kappa shape index (κ2) is 6.65. The van der Waals surface area contributed by atoms with E-state index in [1.54, 1.807) is 24.3 Å². The molecule has 152 valence electrons. The van der Waals surface area contributed by atoms with Crippen LogP contribution in [-0.4, -0.2) is 22.1 Å². The Hall–Kier alpha value is -3.75. The summed E-state index contributed by atoms with van der Waals surface area (Å²) in [6, 6.07) is 13.6. The summed E-state index contributed by atoms with van der Waals surface area (Å²) in [5, 5.41) is 19.8. The molecule has 0 saturated heterocycles. The van der Waals surface area contributed by atoms with Gasteiger partial charge in [0.2, 0.25) is 0 Å². The zero-order valence-electron chi connectivity index (χ0n) is 15.2. The quantitative estimate of drug-likeness (QED) is 0.203. The van der Waals surface area contributed by atoms with Crippen LogP contribution in [0.1, 0.15) is 37.4 Å². The van der Waals surface area contributed by atoms with Crippen molar-refractivity contribution in [1.82, 2.24) is 5.43 Å². The van der Waals surface area contributed by atoms with Crippen molar-refractivity contribution in [2.45, 2.75) is 5.60 Å². The Balaban J connectivity index is 0.00000218. The minimum absolute atomic E-state index is 0. The van der Waals surface area contributed by atoms with Gasteiger partial charge in [-0.05, 0) is 36.4 Å². The number of amides is 1. The summed E-state index contributed by atoms with van der Waals surface area (Å²) in [6.45, 7) is 0. The molecular formula is C21H15ClN2O6. The molecule has 0 bridgehead atoms. The molecule has 1 amide bonds. The molecule has 0 saturated carbocycles. The Morgan fingerprint density at radius 2 is 1.47 bits per heavy atom. The summed E-state index contributed by atoms with van der Waals surface area (Å²) in [6.07, 6.45) is 0. The smallest absolute Gasteiger partial charge is 0.340 e. The van der Waals surface area contributed by atoms with E-state index in [1.807, 2.05) is 5.43 Å². The summed E-state index contributed by atoms with van der Waals surface area (Å²) in [5.74, 6) is 4.56. The molecule has 2 aliphatic heterocycles. The van der Waals surface area contributed by atoms with Crippen LogP contribution in [0.3, 0.4) is 0 Å². The number of aromatic hydroxyl groups is 2. The minimum atomic E-state index is -1.35. The molecule has 2 aliphatic rings. The van der Waals surface area contributed by atoms with Crippen LogP contribution in [0.4, 0.5) is 0 Å². The second-order valence-electron chi connectivity index (χ2n) is 6.77. The van der Waals surface area contributed by atoms with Crippen molar-refractivity contribution in [3.63, 3.8) is 0 Å². The molecule has 0 radical (unpaired) electrons. The third-order valence-corrected chi connectivity index (χ3v) is 5.17. The molecule has 9 heteroatoms. The molecule has 2 heterocycles. The maximum absolute atomic E-state index is 12.8. The number of hydrogen-bond acceptors (Lipinski definition) is 7. The highest BCUT2D eigenvalue weighted by molar-refractivity contribution is 6.01. The van der Waals surface area contributed by atoms with Crippen LogP contribution in [-0.2, 0) is 10.3 Å². The average Bonchev–Trinajstić information content (AvgIpc) is 2.99. The number of hydrogen-bond donors (Lipinski definition) is 4. The maximum atomic E-state index is 12.8. The topological polar surface area (TPSA) is 131 Å². The fourth-order valence-electron chi connectivity index (χ4n) is 3.93. The third-order valence-electron chi connectivity index (χ3n) is 5.17. The molecule has 0 fully saturated rings. The third kappa shape index (κ3) is 2.51. The lowest BCUT2D eigenvalue weighted by atomic mass is 9.77.